The van der Waals surface area contributed by atoms with Crippen molar-refractivity contribution in [1.29, 1.82) is 0 Å². The number of hydrogen-bond acceptors (Lipinski definition) is 4. The van der Waals surface area contributed by atoms with Gasteiger partial charge in [-0.25, -0.2) is 9.67 Å². The molecule has 0 aliphatic carbocycles. The molecule has 24 heavy (non-hydrogen) atoms. The summed E-state index contributed by atoms with van der Waals surface area (Å²) in [4.78, 5) is 31.6. The van der Waals surface area contributed by atoms with Gasteiger partial charge in [-0.1, -0.05) is 11.6 Å². The Balaban J connectivity index is 1.76. The minimum Gasteiger partial charge on any atom is -0.339 e. The van der Waals surface area contributed by atoms with Crippen molar-refractivity contribution in [1.82, 2.24) is 24.6 Å². The van der Waals surface area contributed by atoms with Crippen LogP contribution in [0.4, 0.5) is 0 Å². The van der Waals surface area contributed by atoms with Gasteiger partial charge in [0, 0.05) is 38.1 Å². The predicted octanol–water partition coefficient (Wildman–Crippen LogP) is 1.53. The molecule has 2 amide bonds. The third-order valence-corrected chi connectivity index (χ3v) is 4.30. The fourth-order valence-electron chi connectivity index (χ4n) is 2.67. The standard InChI is InChI=1S/C16H18ClN5O2/c1-11-18-15(19-22(11)14-5-3-13(17)4-6-14)16(24)21-9-7-20(8-10-21)12(2)23/h3-6H,7-10H2,1-2H3. The molecule has 126 valence electrons. The molecule has 1 aromatic carbocycles. The number of hydrogen-bond donors (Lipinski definition) is 0. The summed E-state index contributed by atoms with van der Waals surface area (Å²) < 4.78 is 1.62. The van der Waals surface area contributed by atoms with E-state index in [4.69, 9.17) is 11.6 Å². The first-order valence-electron chi connectivity index (χ1n) is 7.70. The maximum atomic E-state index is 12.6. The van der Waals surface area contributed by atoms with E-state index in [1.165, 1.54) is 6.92 Å². The molecular formula is C16H18ClN5O2. The average molecular weight is 348 g/mol. The molecule has 0 N–H and O–H groups in total. The van der Waals surface area contributed by atoms with Gasteiger partial charge in [0.1, 0.15) is 5.82 Å². The van der Waals surface area contributed by atoms with Crippen LogP contribution in [0.15, 0.2) is 24.3 Å². The summed E-state index contributed by atoms with van der Waals surface area (Å²) in [7, 11) is 0. The molecule has 3 rings (SSSR count). The highest BCUT2D eigenvalue weighted by atomic mass is 35.5. The second kappa shape index (κ2) is 6.60. The van der Waals surface area contributed by atoms with E-state index in [1.807, 2.05) is 12.1 Å². The summed E-state index contributed by atoms with van der Waals surface area (Å²) >= 11 is 5.90. The minimum atomic E-state index is -0.214. The third kappa shape index (κ3) is 3.26. The lowest BCUT2D eigenvalue weighted by Gasteiger charge is -2.33. The summed E-state index contributed by atoms with van der Waals surface area (Å²) in [5.74, 6) is 0.610. The highest BCUT2D eigenvalue weighted by Gasteiger charge is 2.26. The smallest absolute Gasteiger partial charge is 0.293 e. The molecular weight excluding hydrogens is 330 g/mol. The van der Waals surface area contributed by atoms with Crippen LogP contribution in [0.3, 0.4) is 0 Å². The molecule has 0 bridgehead atoms. The summed E-state index contributed by atoms with van der Waals surface area (Å²) in [5.41, 5.74) is 0.796. The van der Waals surface area contributed by atoms with Gasteiger partial charge in [0.2, 0.25) is 11.7 Å². The second-order valence-electron chi connectivity index (χ2n) is 5.67. The fourth-order valence-corrected chi connectivity index (χ4v) is 2.80. The molecule has 0 atom stereocenters. The highest BCUT2D eigenvalue weighted by Crippen LogP contribution is 2.15. The summed E-state index contributed by atoms with van der Waals surface area (Å²) in [6.45, 7) is 5.40. The molecule has 8 heteroatoms. The van der Waals surface area contributed by atoms with Crippen molar-refractivity contribution in [2.24, 2.45) is 0 Å². The molecule has 7 nitrogen and oxygen atoms in total. The summed E-state index contributed by atoms with van der Waals surface area (Å²) in [6, 6.07) is 7.18. The number of aryl methyl sites for hydroxylation is 1. The number of piperazine rings is 1. The van der Waals surface area contributed by atoms with Gasteiger partial charge in [0.15, 0.2) is 0 Å². The number of amides is 2. The Morgan fingerprint density at radius 3 is 2.21 bits per heavy atom. The van der Waals surface area contributed by atoms with Crippen molar-refractivity contribution in [3.8, 4) is 5.69 Å². The Labute approximate surface area is 144 Å². The van der Waals surface area contributed by atoms with Crippen LogP contribution >= 0.6 is 11.6 Å². The Morgan fingerprint density at radius 1 is 1.04 bits per heavy atom. The second-order valence-corrected chi connectivity index (χ2v) is 6.11. The SMILES string of the molecule is CC(=O)N1CCN(C(=O)c2nc(C)n(-c3ccc(Cl)cc3)n2)CC1. The first-order chi connectivity index (χ1) is 11.5. The zero-order valence-corrected chi connectivity index (χ0v) is 14.3. The lowest BCUT2D eigenvalue weighted by molar-refractivity contribution is -0.130. The van der Waals surface area contributed by atoms with Crippen LogP contribution in [0.2, 0.25) is 5.02 Å². The third-order valence-electron chi connectivity index (χ3n) is 4.04. The summed E-state index contributed by atoms with van der Waals surface area (Å²) in [5, 5.41) is 4.97. The average Bonchev–Trinajstić information content (AvgIpc) is 2.97. The quantitative estimate of drug-likeness (QED) is 0.826. The van der Waals surface area contributed by atoms with Crippen LogP contribution in [-0.4, -0.2) is 62.6 Å². The molecule has 2 heterocycles. The van der Waals surface area contributed by atoms with Gasteiger partial charge >= 0.3 is 0 Å². The molecule has 1 aliphatic rings. The van der Waals surface area contributed by atoms with Crippen molar-refractivity contribution >= 4 is 23.4 Å². The van der Waals surface area contributed by atoms with Gasteiger partial charge in [-0.3, -0.25) is 9.59 Å². The van der Waals surface area contributed by atoms with Crippen molar-refractivity contribution in [3.63, 3.8) is 0 Å². The first-order valence-corrected chi connectivity index (χ1v) is 8.08. The summed E-state index contributed by atoms with van der Waals surface area (Å²) in [6.07, 6.45) is 0. The van der Waals surface area contributed by atoms with Crippen molar-refractivity contribution < 1.29 is 9.59 Å². The number of rotatable bonds is 2. The van der Waals surface area contributed by atoms with Crippen LogP contribution in [0.5, 0.6) is 0 Å². The monoisotopic (exact) mass is 347 g/mol. The number of halogens is 1. The molecule has 0 unspecified atom stereocenters. The van der Waals surface area contributed by atoms with Gasteiger partial charge in [-0.15, -0.1) is 5.10 Å². The molecule has 0 spiro atoms. The predicted molar refractivity (Wildman–Crippen MR) is 89.3 cm³/mol. The first kappa shape index (κ1) is 16.4. The van der Waals surface area contributed by atoms with Crippen LogP contribution < -0.4 is 0 Å². The Kier molecular flexibility index (Phi) is 4.53. The van der Waals surface area contributed by atoms with E-state index in [2.05, 4.69) is 10.1 Å². The van der Waals surface area contributed by atoms with Gasteiger partial charge in [0.25, 0.3) is 5.91 Å². The van der Waals surface area contributed by atoms with Gasteiger partial charge in [-0.05, 0) is 31.2 Å². The van der Waals surface area contributed by atoms with E-state index in [0.29, 0.717) is 37.0 Å². The largest absolute Gasteiger partial charge is 0.339 e. The Hall–Kier alpha value is -2.41. The number of benzene rings is 1. The number of aromatic nitrogens is 3. The van der Waals surface area contributed by atoms with E-state index in [-0.39, 0.29) is 17.6 Å². The normalized spacial score (nSPS) is 14.8. The van der Waals surface area contributed by atoms with Crippen molar-refractivity contribution in [2.75, 3.05) is 26.2 Å². The molecule has 1 aromatic heterocycles. The van der Waals surface area contributed by atoms with Gasteiger partial charge in [-0.2, -0.15) is 0 Å². The molecule has 0 radical (unpaired) electrons. The van der Waals surface area contributed by atoms with Gasteiger partial charge in [0.05, 0.1) is 5.69 Å². The van der Waals surface area contributed by atoms with Crippen LogP contribution in [-0.2, 0) is 4.79 Å². The van der Waals surface area contributed by atoms with Crippen LogP contribution in [0, 0.1) is 6.92 Å². The van der Waals surface area contributed by atoms with E-state index >= 15 is 0 Å². The Morgan fingerprint density at radius 2 is 1.62 bits per heavy atom. The topological polar surface area (TPSA) is 71.3 Å². The maximum absolute atomic E-state index is 12.6. The Bertz CT molecular complexity index is 763. The number of carbonyl (C=O) groups is 2. The number of nitrogens with zero attached hydrogens (tertiary/aromatic N) is 5. The molecule has 1 fully saturated rings. The highest BCUT2D eigenvalue weighted by molar-refractivity contribution is 6.30. The molecule has 2 aromatic rings. The van der Waals surface area contributed by atoms with Crippen LogP contribution in [0.25, 0.3) is 5.69 Å². The van der Waals surface area contributed by atoms with E-state index < -0.39 is 0 Å². The fraction of sp³-hybridized carbons (Fsp3) is 0.375. The molecule has 1 saturated heterocycles. The van der Waals surface area contributed by atoms with Crippen LogP contribution in [0.1, 0.15) is 23.4 Å². The van der Waals surface area contributed by atoms with Crippen molar-refractivity contribution in [3.05, 3.63) is 40.9 Å². The van der Waals surface area contributed by atoms with Crippen molar-refractivity contribution in [2.45, 2.75) is 13.8 Å². The molecule has 1 aliphatic heterocycles. The zero-order valence-electron chi connectivity index (χ0n) is 13.6. The van der Waals surface area contributed by atoms with Gasteiger partial charge < -0.3 is 9.80 Å². The maximum Gasteiger partial charge on any atom is 0.293 e. The molecule has 0 saturated carbocycles. The lowest BCUT2D eigenvalue weighted by atomic mass is 10.3. The lowest BCUT2D eigenvalue weighted by Crippen LogP contribution is -2.50. The van der Waals surface area contributed by atoms with E-state index in [0.717, 1.165) is 5.69 Å². The zero-order chi connectivity index (χ0) is 17.3. The number of carbonyl (C=O) groups excluding carboxylic acids is 2. The van der Waals surface area contributed by atoms with E-state index in [9.17, 15) is 9.59 Å². The van der Waals surface area contributed by atoms with E-state index in [1.54, 1.807) is 33.5 Å². The minimum absolute atomic E-state index is 0.0306.